The van der Waals surface area contributed by atoms with Crippen molar-refractivity contribution in [3.63, 3.8) is 0 Å². The SMILES string of the molecule is C#C.CC.CC.CCc1nc(Nc2cc(Nc3ccc4c5c3C(=O)c3ccccc3-c5c(C(=O)c3cccc(C)c3)c(=O)n4C)c(C)cc2C)nc(Oc2ccccc2)n1.Cc1cccc(C(=O)c2c3c4c(c(Nc5cc(Nc6nc(C)nc(Oc7ccccc7)n6)c(C)cc5C)ccc4n(C)c2=O)C(=O)c2ccccc2-3)c1. The number of ketones is 4. The number of hydrogen-bond donors (Lipinski definition) is 4. The standard InChI is InChI=1S/C44H36N6O4.C43H34N6O4.2C2H6.C2H2/c1-6-35-47-43(49-44(48-35)54-28-15-8-7-9-16-28)46-33-23-32(25(3)22-26(33)4)45-31-19-20-34-38-36(29-17-10-11-18-30(29)41(52)37(31)38)39(42(53)50(34)5)40(51)27-14-12-13-24(2)21-27;1-23-12-11-13-27(20-23)39(50)38-35-29-16-9-10-17-30(29)40(51)36-31(18-19-34(37(35)36)49(5)41(38)52)46-32-22-33(25(3)21-24(32)2)47-42-44-26(4)45-43(48-42)53-28-14-7-6-8-15-28;3*1-2/h7-23,45H,6H2,1-5H3,(H,46,47,48,49);6-22,46H,1-5H3,(H,44,45,47,48);2*1-2H3;1-2H. The van der Waals surface area contributed by atoms with Gasteiger partial charge >= 0.3 is 12.0 Å². The number of rotatable bonds is 17. The zero-order valence-electron chi connectivity index (χ0n) is 65.3. The Bertz CT molecular complexity index is 6270. The second-order valence-corrected chi connectivity index (χ2v) is 26.6. The molecule has 0 unspecified atom stereocenters. The number of hydrogen-bond acceptors (Lipinski definition) is 18. The first-order valence-corrected chi connectivity index (χ1v) is 37.2. The number of terminal acetylenes is 1. The van der Waals surface area contributed by atoms with Gasteiger partial charge in [0.1, 0.15) is 23.1 Å². The van der Waals surface area contributed by atoms with Gasteiger partial charge in [0.05, 0.1) is 44.7 Å². The monoisotopic (exact) mass is 1500 g/mol. The highest BCUT2D eigenvalue weighted by Gasteiger charge is 2.37. The lowest BCUT2D eigenvalue weighted by Gasteiger charge is -2.26. The molecule has 10 aromatic carbocycles. The Morgan fingerprint density at radius 3 is 1.15 bits per heavy atom. The van der Waals surface area contributed by atoms with Crippen molar-refractivity contribution in [2.75, 3.05) is 21.3 Å². The van der Waals surface area contributed by atoms with Crippen molar-refractivity contribution in [1.29, 1.82) is 0 Å². The van der Waals surface area contributed by atoms with E-state index in [0.29, 0.717) is 130 Å². The first-order chi connectivity index (χ1) is 54.7. The van der Waals surface area contributed by atoms with Crippen LogP contribution >= 0.6 is 0 Å². The molecule has 16 rings (SSSR count). The van der Waals surface area contributed by atoms with Crippen molar-refractivity contribution in [3.05, 3.63) is 317 Å². The molecule has 20 nitrogen and oxygen atoms in total. The number of nitrogens with one attached hydrogen (secondary N) is 4. The van der Waals surface area contributed by atoms with E-state index < -0.39 is 22.7 Å². The molecule has 20 heteroatoms. The van der Waals surface area contributed by atoms with E-state index in [1.54, 1.807) is 93.8 Å². The molecule has 4 heterocycles. The summed E-state index contributed by atoms with van der Waals surface area (Å²) in [5.41, 5.74) is 14.4. The Labute approximate surface area is 655 Å². The van der Waals surface area contributed by atoms with Gasteiger partial charge in [-0.25, -0.2) is 0 Å². The van der Waals surface area contributed by atoms with Crippen LogP contribution in [0.5, 0.6) is 23.5 Å². The number of anilines is 8. The van der Waals surface area contributed by atoms with E-state index in [4.69, 9.17) is 9.47 Å². The number of pyridine rings is 2. The van der Waals surface area contributed by atoms with E-state index in [9.17, 15) is 28.8 Å². The van der Waals surface area contributed by atoms with E-state index in [-0.39, 0.29) is 34.7 Å². The molecule has 2 aliphatic carbocycles. The van der Waals surface area contributed by atoms with Crippen molar-refractivity contribution in [3.8, 4) is 58.6 Å². The van der Waals surface area contributed by atoms with Crippen LogP contribution in [0.3, 0.4) is 0 Å². The molecule has 0 radical (unpaired) electrons. The van der Waals surface area contributed by atoms with Crippen molar-refractivity contribution in [2.45, 2.75) is 89.5 Å². The van der Waals surface area contributed by atoms with Crippen molar-refractivity contribution in [1.82, 2.24) is 39.0 Å². The Kier molecular flexibility index (Phi) is 23.3. The summed E-state index contributed by atoms with van der Waals surface area (Å²) in [4.78, 5) is 113. The number of ether oxygens (including phenoxy) is 2. The molecular weight excluding hydrogens is 1410 g/mol. The zero-order valence-corrected chi connectivity index (χ0v) is 65.3. The number of fused-ring (bicyclic) bond motifs is 4. The fourth-order valence-corrected chi connectivity index (χ4v) is 14.0. The van der Waals surface area contributed by atoms with Gasteiger partial charge in [0.2, 0.25) is 11.9 Å². The smallest absolute Gasteiger partial charge is 0.327 e. The van der Waals surface area contributed by atoms with Crippen molar-refractivity contribution >= 4 is 91.0 Å². The predicted octanol–water partition coefficient (Wildman–Crippen LogP) is 19.9. The maximum Gasteiger partial charge on any atom is 0.327 e. The quantitative estimate of drug-likeness (QED) is 0.0488. The highest BCUT2D eigenvalue weighted by Crippen LogP contribution is 2.47. The maximum atomic E-state index is 14.5. The average molecular weight is 1500 g/mol. The van der Waals surface area contributed by atoms with Crippen LogP contribution in [0.2, 0.25) is 0 Å². The van der Waals surface area contributed by atoms with Crippen LogP contribution in [0.25, 0.3) is 44.1 Å². The van der Waals surface area contributed by atoms with Crippen LogP contribution in [-0.2, 0) is 20.5 Å². The largest absolute Gasteiger partial charge is 0.424 e. The number of benzene rings is 10. The zero-order chi connectivity index (χ0) is 80.6. The lowest BCUT2D eigenvalue weighted by atomic mass is 9.80. The number of carbonyl (C=O) groups excluding carboxylic acids is 4. The third-order valence-electron chi connectivity index (χ3n) is 19.3. The third kappa shape index (κ3) is 15.6. The van der Waals surface area contributed by atoms with Gasteiger partial charge in [0.25, 0.3) is 11.1 Å². The summed E-state index contributed by atoms with van der Waals surface area (Å²) in [6.07, 6.45) is 8.58. The molecule has 0 saturated heterocycles. The van der Waals surface area contributed by atoms with Crippen LogP contribution in [0.15, 0.2) is 216 Å². The Morgan fingerprint density at radius 1 is 0.381 bits per heavy atom. The minimum atomic E-state index is -0.425. The van der Waals surface area contributed by atoms with Crippen molar-refractivity contribution < 1.29 is 28.7 Å². The Hall–Kier alpha value is -14.3. The van der Waals surface area contributed by atoms with Gasteiger partial charge in [-0.15, -0.1) is 12.8 Å². The molecule has 113 heavy (non-hydrogen) atoms. The number of para-hydroxylation sites is 2. The van der Waals surface area contributed by atoms with E-state index in [0.717, 1.165) is 56.1 Å². The van der Waals surface area contributed by atoms with E-state index in [2.05, 4.69) is 64.0 Å². The molecule has 564 valence electrons. The summed E-state index contributed by atoms with van der Waals surface area (Å²) in [7, 11) is 3.28. The maximum absolute atomic E-state index is 14.5. The first kappa shape index (κ1) is 78.3. The van der Waals surface area contributed by atoms with Crippen LogP contribution in [0.1, 0.15) is 143 Å². The van der Waals surface area contributed by atoms with Gasteiger partial charge in [-0.3, -0.25) is 28.8 Å². The number of aryl methyl sites for hydroxylation is 10. The summed E-state index contributed by atoms with van der Waals surface area (Å²) in [5, 5.41) is 14.8. The Balaban J connectivity index is 0.000000197. The molecule has 2 aliphatic rings. The van der Waals surface area contributed by atoms with Crippen LogP contribution in [-0.4, -0.2) is 62.2 Å². The van der Waals surface area contributed by atoms with Crippen LogP contribution in [0.4, 0.5) is 46.0 Å². The normalized spacial score (nSPS) is 11.2. The summed E-state index contributed by atoms with van der Waals surface area (Å²) in [6.45, 7) is 23.5. The summed E-state index contributed by atoms with van der Waals surface area (Å²) < 4.78 is 14.7. The van der Waals surface area contributed by atoms with E-state index in [1.165, 1.54) is 9.13 Å². The molecule has 0 amide bonds. The highest BCUT2D eigenvalue weighted by atomic mass is 16.5. The van der Waals surface area contributed by atoms with Gasteiger partial charge < -0.3 is 39.9 Å². The molecule has 0 bridgehead atoms. The van der Waals surface area contributed by atoms with E-state index in [1.807, 2.05) is 210 Å². The molecule has 4 aromatic heterocycles. The van der Waals surface area contributed by atoms with Gasteiger partial charge in [0.15, 0.2) is 23.1 Å². The highest BCUT2D eigenvalue weighted by molar-refractivity contribution is 6.32. The minimum absolute atomic E-state index is 0.0326. The summed E-state index contributed by atoms with van der Waals surface area (Å²) in [5.74, 6) is 1.72. The molecular formula is C93H84N12O8. The van der Waals surface area contributed by atoms with Crippen molar-refractivity contribution in [2.24, 2.45) is 14.1 Å². The molecule has 0 aliphatic heterocycles. The Morgan fingerprint density at radius 2 is 0.752 bits per heavy atom. The lowest BCUT2D eigenvalue weighted by molar-refractivity contribution is 0.102. The first-order valence-electron chi connectivity index (χ1n) is 37.2. The topological polar surface area (TPSA) is 256 Å². The fourth-order valence-electron chi connectivity index (χ4n) is 14.0. The number of aromatic nitrogens is 8. The number of nitrogens with zero attached hydrogens (tertiary/aromatic N) is 8. The third-order valence-corrected chi connectivity index (χ3v) is 19.3. The molecule has 14 aromatic rings. The van der Waals surface area contributed by atoms with E-state index >= 15 is 0 Å². The van der Waals surface area contributed by atoms with Crippen LogP contribution in [0, 0.1) is 61.3 Å². The van der Waals surface area contributed by atoms with Gasteiger partial charge in [-0.2, -0.15) is 29.9 Å². The molecule has 4 N–H and O–H groups in total. The van der Waals surface area contributed by atoms with Gasteiger partial charge in [0, 0.05) is 87.4 Å². The lowest BCUT2D eigenvalue weighted by Crippen LogP contribution is -2.29. The summed E-state index contributed by atoms with van der Waals surface area (Å²) in [6, 6.07) is 62.9. The molecule has 0 fully saturated rings. The molecule has 0 atom stereocenters. The number of carbonyl (C=O) groups is 4. The average Bonchev–Trinajstić information content (AvgIpc) is 0.712. The molecule has 0 spiro atoms. The fraction of sp³-hybridized carbons (Fsp3) is 0.161. The van der Waals surface area contributed by atoms with Gasteiger partial charge in [-0.05, 0) is 155 Å². The predicted molar refractivity (Wildman–Crippen MR) is 450 cm³/mol. The van der Waals surface area contributed by atoms with Crippen LogP contribution < -0.4 is 41.9 Å². The van der Waals surface area contributed by atoms with Gasteiger partial charge in [-0.1, -0.05) is 179 Å². The minimum Gasteiger partial charge on any atom is -0.424 e. The second-order valence-electron chi connectivity index (χ2n) is 26.6. The second kappa shape index (κ2) is 33.7. The summed E-state index contributed by atoms with van der Waals surface area (Å²) >= 11 is 0. The molecule has 0 saturated carbocycles.